The molecule has 0 unspecified atom stereocenters. The molecule has 112 valence electrons. The zero-order valence-electron chi connectivity index (χ0n) is 11.7. The lowest BCUT2D eigenvalue weighted by atomic mass is 10.1. The van der Waals surface area contributed by atoms with Gasteiger partial charge in [-0.1, -0.05) is 6.42 Å². The Morgan fingerprint density at radius 1 is 1.37 bits per heavy atom. The van der Waals surface area contributed by atoms with Crippen LogP contribution in [0.15, 0.2) is 0 Å². The van der Waals surface area contributed by atoms with Gasteiger partial charge in [0.2, 0.25) is 0 Å². The van der Waals surface area contributed by atoms with Gasteiger partial charge >= 0.3 is 0 Å². The molecular formula is C12H25N3O3S. The van der Waals surface area contributed by atoms with Crippen LogP contribution in [0.3, 0.4) is 0 Å². The maximum Gasteiger partial charge on any atom is 0.280 e. The molecule has 6 nitrogen and oxygen atoms in total. The van der Waals surface area contributed by atoms with Gasteiger partial charge < -0.3 is 10.5 Å². The second-order valence-electron chi connectivity index (χ2n) is 5.72. The highest BCUT2D eigenvalue weighted by Gasteiger charge is 2.37. The van der Waals surface area contributed by atoms with E-state index in [1.165, 1.54) is 4.31 Å². The number of rotatable bonds is 4. The van der Waals surface area contributed by atoms with E-state index in [9.17, 15) is 8.42 Å². The van der Waals surface area contributed by atoms with E-state index in [-0.39, 0.29) is 24.1 Å². The van der Waals surface area contributed by atoms with Crippen LogP contribution in [0.2, 0.25) is 0 Å². The number of nitrogens with zero attached hydrogens (tertiary/aromatic N) is 1. The number of hydrogen-bond acceptors (Lipinski definition) is 4. The average molecular weight is 291 g/mol. The maximum atomic E-state index is 12.5. The van der Waals surface area contributed by atoms with Crippen LogP contribution in [0.25, 0.3) is 0 Å². The van der Waals surface area contributed by atoms with Crippen LogP contribution < -0.4 is 10.5 Å². The summed E-state index contributed by atoms with van der Waals surface area (Å²) in [6.07, 6.45) is 2.89. The van der Waals surface area contributed by atoms with E-state index in [2.05, 4.69) is 4.72 Å². The maximum absolute atomic E-state index is 12.5. The molecule has 0 aromatic carbocycles. The molecule has 0 aromatic rings. The van der Waals surface area contributed by atoms with E-state index in [1.54, 1.807) is 0 Å². The van der Waals surface area contributed by atoms with Crippen molar-refractivity contribution in [3.8, 4) is 0 Å². The minimum Gasteiger partial charge on any atom is -0.375 e. The minimum atomic E-state index is -3.44. The lowest BCUT2D eigenvalue weighted by Gasteiger charge is -2.36. The predicted molar refractivity (Wildman–Crippen MR) is 73.8 cm³/mol. The van der Waals surface area contributed by atoms with Crippen molar-refractivity contribution in [2.45, 2.75) is 51.3 Å². The van der Waals surface area contributed by atoms with Crippen molar-refractivity contribution in [3.63, 3.8) is 0 Å². The molecule has 4 atom stereocenters. The average Bonchev–Trinajstić information content (AvgIpc) is 2.78. The highest BCUT2D eigenvalue weighted by atomic mass is 32.2. The predicted octanol–water partition coefficient (Wildman–Crippen LogP) is 0.0574. The van der Waals surface area contributed by atoms with Crippen molar-refractivity contribution in [1.82, 2.24) is 9.03 Å². The third kappa shape index (κ3) is 3.46. The molecule has 0 bridgehead atoms. The fourth-order valence-corrected chi connectivity index (χ4v) is 4.71. The summed E-state index contributed by atoms with van der Waals surface area (Å²) >= 11 is 0. The van der Waals surface area contributed by atoms with Gasteiger partial charge in [-0.2, -0.15) is 17.4 Å². The Morgan fingerprint density at radius 3 is 2.79 bits per heavy atom. The summed E-state index contributed by atoms with van der Waals surface area (Å²) in [5.74, 6) is 0.267. The monoisotopic (exact) mass is 291 g/mol. The van der Waals surface area contributed by atoms with Gasteiger partial charge in [-0.05, 0) is 39.2 Å². The van der Waals surface area contributed by atoms with E-state index in [0.717, 1.165) is 19.3 Å². The van der Waals surface area contributed by atoms with E-state index >= 15 is 0 Å². The fraction of sp³-hybridized carbons (Fsp3) is 1.00. The molecule has 1 aliphatic carbocycles. The van der Waals surface area contributed by atoms with Crippen molar-refractivity contribution in [1.29, 1.82) is 0 Å². The zero-order chi connectivity index (χ0) is 14.0. The number of nitrogens with one attached hydrogen (secondary N) is 1. The first kappa shape index (κ1) is 15.2. The van der Waals surface area contributed by atoms with E-state index in [1.807, 2.05) is 13.8 Å². The summed E-state index contributed by atoms with van der Waals surface area (Å²) in [5.41, 5.74) is 5.70. The Labute approximate surface area is 115 Å². The summed E-state index contributed by atoms with van der Waals surface area (Å²) in [7, 11) is -3.44. The molecular weight excluding hydrogens is 266 g/mol. The molecule has 2 rings (SSSR count). The smallest absolute Gasteiger partial charge is 0.280 e. The second kappa shape index (κ2) is 6.05. The Hall–Kier alpha value is -0.210. The van der Waals surface area contributed by atoms with Crippen LogP contribution in [0.4, 0.5) is 0 Å². The molecule has 1 aliphatic heterocycles. The first-order chi connectivity index (χ1) is 8.94. The number of morpholine rings is 1. The van der Waals surface area contributed by atoms with E-state index in [4.69, 9.17) is 10.5 Å². The molecule has 0 spiro atoms. The third-order valence-electron chi connectivity index (χ3n) is 4.12. The SMILES string of the molecule is C[C@@H]1CN(S(=O)(=O)N[C@@H]2CCC[C@@H]2CN)[C@H](C)CO1. The van der Waals surface area contributed by atoms with Crippen molar-refractivity contribution in [2.24, 2.45) is 11.7 Å². The number of nitrogens with two attached hydrogens (primary N) is 1. The van der Waals surface area contributed by atoms with Gasteiger partial charge in [0, 0.05) is 18.6 Å². The molecule has 1 saturated carbocycles. The van der Waals surface area contributed by atoms with Gasteiger partial charge in [0.15, 0.2) is 0 Å². The Balaban J connectivity index is 2.04. The van der Waals surface area contributed by atoms with Gasteiger partial charge in [0.1, 0.15) is 0 Å². The fourth-order valence-electron chi connectivity index (χ4n) is 2.94. The molecule has 0 radical (unpaired) electrons. The van der Waals surface area contributed by atoms with Gasteiger partial charge in [-0.15, -0.1) is 0 Å². The number of hydrogen-bond donors (Lipinski definition) is 2. The molecule has 1 heterocycles. The van der Waals surface area contributed by atoms with Crippen LogP contribution in [0, 0.1) is 5.92 Å². The zero-order valence-corrected chi connectivity index (χ0v) is 12.5. The van der Waals surface area contributed by atoms with Crippen LogP contribution in [0.1, 0.15) is 33.1 Å². The van der Waals surface area contributed by atoms with Crippen LogP contribution >= 0.6 is 0 Å². The van der Waals surface area contributed by atoms with Crippen molar-refractivity contribution in [3.05, 3.63) is 0 Å². The van der Waals surface area contributed by atoms with Crippen molar-refractivity contribution >= 4 is 10.2 Å². The molecule has 19 heavy (non-hydrogen) atoms. The Kier molecular flexibility index (Phi) is 4.84. The summed E-state index contributed by atoms with van der Waals surface area (Å²) in [6.45, 7) is 5.18. The van der Waals surface area contributed by atoms with Crippen molar-refractivity contribution < 1.29 is 13.2 Å². The van der Waals surface area contributed by atoms with E-state index < -0.39 is 10.2 Å². The molecule has 3 N–H and O–H groups in total. The number of ether oxygens (including phenoxy) is 1. The molecule has 0 amide bonds. The van der Waals surface area contributed by atoms with Crippen LogP contribution in [-0.4, -0.2) is 50.6 Å². The summed E-state index contributed by atoms with van der Waals surface area (Å²) in [4.78, 5) is 0. The van der Waals surface area contributed by atoms with Gasteiger partial charge in [0.05, 0.1) is 12.7 Å². The third-order valence-corrected chi connectivity index (χ3v) is 5.85. The molecule has 2 aliphatic rings. The highest BCUT2D eigenvalue weighted by molar-refractivity contribution is 7.87. The molecule has 1 saturated heterocycles. The standard InChI is InChI=1S/C12H25N3O3S/c1-9-8-18-10(2)7-15(9)19(16,17)14-12-5-3-4-11(12)6-13/h9-12,14H,3-8,13H2,1-2H3/t9-,10-,11-,12-/m1/s1. The molecule has 2 fully saturated rings. The quantitative estimate of drug-likeness (QED) is 0.767. The summed E-state index contributed by atoms with van der Waals surface area (Å²) in [5, 5.41) is 0. The highest BCUT2D eigenvalue weighted by Crippen LogP contribution is 2.26. The van der Waals surface area contributed by atoms with E-state index in [0.29, 0.717) is 19.7 Å². The van der Waals surface area contributed by atoms with Gasteiger partial charge in [-0.25, -0.2) is 0 Å². The summed E-state index contributed by atoms with van der Waals surface area (Å²) in [6, 6.07) is -0.133. The first-order valence-corrected chi connectivity index (χ1v) is 8.49. The molecule has 0 aromatic heterocycles. The first-order valence-electron chi connectivity index (χ1n) is 7.05. The normalized spacial score (nSPS) is 37.6. The lowest BCUT2D eigenvalue weighted by molar-refractivity contribution is -0.0176. The lowest BCUT2D eigenvalue weighted by Crippen LogP contribution is -2.56. The Morgan fingerprint density at radius 2 is 2.11 bits per heavy atom. The van der Waals surface area contributed by atoms with Gasteiger partial charge in [-0.3, -0.25) is 0 Å². The van der Waals surface area contributed by atoms with Crippen molar-refractivity contribution in [2.75, 3.05) is 19.7 Å². The second-order valence-corrected chi connectivity index (χ2v) is 7.37. The van der Waals surface area contributed by atoms with Crippen LogP contribution in [-0.2, 0) is 14.9 Å². The topological polar surface area (TPSA) is 84.7 Å². The molecule has 7 heteroatoms. The van der Waals surface area contributed by atoms with Crippen LogP contribution in [0.5, 0.6) is 0 Å². The summed E-state index contributed by atoms with van der Waals surface area (Å²) < 4.78 is 34.8. The Bertz CT molecular complexity index is 401. The van der Waals surface area contributed by atoms with Gasteiger partial charge in [0.25, 0.3) is 10.2 Å². The minimum absolute atomic E-state index is 0.0136. The largest absolute Gasteiger partial charge is 0.375 e.